The van der Waals surface area contributed by atoms with Crippen LogP contribution in [0.15, 0.2) is 54.6 Å². The molecule has 0 atom stereocenters. The molecule has 3 heteroatoms. The number of para-hydroxylation sites is 1. The lowest BCUT2D eigenvalue weighted by atomic mass is 10.1. The topological polar surface area (TPSA) is 44.1 Å². The van der Waals surface area contributed by atoms with Crippen molar-refractivity contribution in [3.63, 3.8) is 0 Å². The molecule has 0 saturated carbocycles. The highest BCUT2D eigenvalue weighted by Crippen LogP contribution is 2.18. The Hall–Kier alpha value is -2.60. The third-order valence-electron chi connectivity index (χ3n) is 3.43. The highest BCUT2D eigenvalue weighted by molar-refractivity contribution is 5.95. The Balaban J connectivity index is 1.89. The molecule has 0 unspecified atom stereocenters. The summed E-state index contributed by atoms with van der Waals surface area (Å²) in [6.45, 7) is 0.747. The molecule has 2 aromatic rings. The lowest BCUT2D eigenvalue weighted by molar-refractivity contribution is 0.0981. The molecule has 0 heterocycles. The summed E-state index contributed by atoms with van der Waals surface area (Å²) in [4.78, 5) is 14.0. The monoisotopic (exact) mass is 278 g/mol. The Morgan fingerprint density at radius 3 is 2.48 bits per heavy atom. The molecule has 0 fully saturated rings. The average Bonchev–Trinajstić information content (AvgIpc) is 2.55. The molecule has 0 aliphatic carbocycles. The molecule has 0 aliphatic rings. The van der Waals surface area contributed by atoms with Crippen LogP contribution in [-0.2, 0) is 0 Å². The number of hydrogen-bond donors (Lipinski definition) is 0. The number of ketones is 1. The van der Waals surface area contributed by atoms with Gasteiger partial charge in [0.15, 0.2) is 5.78 Å². The summed E-state index contributed by atoms with van der Waals surface area (Å²) in [5, 5.41) is 9.10. The number of Topliss-reactive ketones (excluding diaryl/α,β-unsaturated/α-hetero) is 1. The van der Waals surface area contributed by atoms with Gasteiger partial charge in [-0.2, -0.15) is 5.26 Å². The van der Waals surface area contributed by atoms with Crippen molar-refractivity contribution < 1.29 is 4.79 Å². The Kier molecular flexibility index (Phi) is 5.11. The second-order valence-electron chi connectivity index (χ2n) is 4.94. The first kappa shape index (κ1) is 14.8. The van der Waals surface area contributed by atoms with Gasteiger partial charge in [0.1, 0.15) is 6.07 Å². The number of rotatable bonds is 6. The standard InChI is InChI=1S/C18H18N2O/c1-20(17-11-6-5-10-16(17)14-19)13-7-12-18(21)15-8-3-2-4-9-15/h2-6,8-11H,7,12-13H2,1H3. The molecule has 0 saturated heterocycles. The lowest BCUT2D eigenvalue weighted by Gasteiger charge is -2.20. The number of benzene rings is 2. The van der Waals surface area contributed by atoms with E-state index in [0.29, 0.717) is 12.0 Å². The van der Waals surface area contributed by atoms with Crippen LogP contribution in [0.5, 0.6) is 0 Å². The fourth-order valence-electron chi connectivity index (χ4n) is 2.27. The van der Waals surface area contributed by atoms with Crippen molar-refractivity contribution in [2.75, 3.05) is 18.5 Å². The Morgan fingerprint density at radius 2 is 1.76 bits per heavy atom. The molecule has 0 aromatic heterocycles. The van der Waals surface area contributed by atoms with Crippen LogP contribution in [0, 0.1) is 11.3 Å². The zero-order valence-corrected chi connectivity index (χ0v) is 12.1. The number of carbonyl (C=O) groups excluding carboxylic acids is 1. The van der Waals surface area contributed by atoms with E-state index in [1.807, 2.05) is 60.5 Å². The van der Waals surface area contributed by atoms with E-state index in [-0.39, 0.29) is 5.78 Å². The molecule has 2 rings (SSSR count). The van der Waals surface area contributed by atoms with Gasteiger partial charge >= 0.3 is 0 Å². The second-order valence-corrected chi connectivity index (χ2v) is 4.94. The molecule has 0 spiro atoms. The summed E-state index contributed by atoms with van der Waals surface area (Å²) in [6.07, 6.45) is 1.28. The SMILES string of the molecule is CN(CCCC(=O)c1ccccc1)c1ccccc1C#N. The molecule has 21 heavy (non-hydrogen) atoms. The molecule has 0 radical (unpaired) electrons. The Morgan fingerprint density at radius 1 is 1.10 bits per heavy atom. The molecular formula is C18H18N2O. The third kappa shape index (κ3) is 3.93. The fraction of sp³-hybridized carbons (Fsp3) is 0.222. The summed E-state index contributed by atoms with van der Waals surface area (Å²) in [7, 11) is 1.95. The minimum absolute atomic E-state index is 0.164. The zero-order chi connectivity index (χ0) is 15.1. The van der Waals surface area contributed by atoms with Gasteiger partial charge in [-0.05, 0) is 18.6 Å². The number of anilines is 1. The van der Waals surface area contributed by atoms with Crippen LogP contribution in [0.3, 0.4) is 0 Å². The first-order chi connectivity index (χ1) is 10.2. The lowest BCUT2D eigenvalue weighted by Crippen LogP contribution is -2.20. The third-order valence-corrected chi connectivity index (χ3v) is 3.43. The van der Waals surface area contributed by atoms with E-state index >= 15 is 0 Å². The Labute approximate surface area is 125 Å². The van der Waals surface area contributed by atoms with E-state index in [1.165, 1.54) is 0 Å². The maximum absolute atomic E-state index is 12.0. The molecule has 106 valence electrons. The van der Waals surface area contributed by atoms with Gasteiger partial charge in [0, 0.05) is 25.6 Å². The first-order valence-electron chi connectivity index (χ1n) is 7.01. The summed E-state index contributed by atoms with van der Waals surface area (Å²) in [6, 6.07) is 19.1. The molecule has 2 aromatic carbocycles. The number of hydrogen-bond acceptors (Lipinski definition) is 3. The largest absolute Gasteiger partial charge is 0.374 e. The molecular weight excluding hydrogens is 260 g/mol. The van der Waals surface area contributed by atoms with Crippen molar-refractivity contribution in [2.45, 2.75) is 12.8 Å². The predicted molar refractivity (Wildman–Crippen MR) is 84.4 cm³/mol. The van der Waals surface area contributed by atoms with Crippen LogP contribution >= 0.6 is 0 Å². The van der Waals surface area contributed by atoms with Crippen molar-refractivity contribution in [2.24, 2.45) is 0 Å². The maximum atomic E-state index is 12.0. The van der Waals surface area contributed by atoms with Crippen molar-refractivity contribution in [3.8, 4) is 6.07 Å². The zero-order valence-electron chi connectivity index (χ0n) is 12.1. The quantitative estimate of drug-likeness (QED) is 0.757. The van der Waals surface area contributed by atoms with Gasteiger partial charge in [-0.15, -0.1) is 0 Å². The van der Waals surface area contributed by atoms with Gasteiger partial charge < -0.3 is 4.90 Å². The highest BCUT2D eigenvalue weighted by Gasteiger charge is 2.08. The highest BCUT2D eigenvalue weighted by atomic mass is 16.1. The minimum Gasteiger partial charge on any atom is -0.374 e. The predicted octanol–water partition coefficient (Wildman–Crippen LogP) is 3.66. The van der Waals surface area contributed by atoms with Gasteiger partial charge in [0.05, 0.1) is 11.3 Å². The van der Waals surface area contributed by atoms with Gasteiger partial charge in [0.2, 0.25) is 0 Å². The molecule has 0 amide bonds. The fourth-order valence-corrected chi connectivity index (χ4v) is 2.27. The normalized spacial score (nSPS) is 9.90. The number of nitriles is 1. The van der Waals surface area contributed by atoms with Gasteiger partial charge in [-0.25, -0.2) is 0 Å². The molecule has 3 nitrogen and oxygen atoms in total. The second kappa shape index (κ2) is 7.25. The van der Waals surface area contributed by atoms with E-state index in [4.69, 9.17) is 5.26 Å². The van der Waals surface area contributed by atoms with Crippen LogP contribution in [0.2, 0.25) is 0 Å². The number of nitrogens with zero attached hydrogens (tertiary/aromatic N) is 2. The molecule has 0 N–H and O–H groups in total. The summed E-state index contributed by atoms with van der Waals surface area (Å²) in [5.74, 6) is 0.164. The smallest absolute Gasteiger partial charge is 0.162 e. The van der Waals surface area contributed by atoms with Crippen molar-refractivity contribution in [1.82, 2.24) is 0 Å². The average molecular weight is 278 g/mol. The van der Waals surface area contributed by atoms with E-state index in [9.17, 15) is 4.79 Å². The van der Waals surface area contributed by atoms with Gasteiger partial charge in [0.25, 0.3) is 0 Å². The Bertz CT molecular complexity index is 644. The minimum atomic E-state index is 0.164. The van der Waals surface area contributed by atoms with E-state index in [1.54, 1.807) is 6.07 Å². The molecule has 0 aliphatic heterocycles. The van der Waals surface area contributed by atoms with Gasteiger partial charge in [-0.3, -0.25) is 4.79 Å². The summed E-state index contributed by atoms with van der Waals surface area (Å²) >= 11 is 0. The van der Waals surface area contributed by atoms with Crippen LogP contribution in [-0.4, -0.2) is 19.4 Å². The van der Waals surface area contributed by atoms with E-state index < -0.39 is 0 Å². The van der Waals surface area contributed by atoms with Gasteiger partial charge in [-0.1, -0.05) is 42.5 Å². The maximum Gasteiger partial charge on any atom is 0.162 e. The van der Waals surface area contributed by atoms with Crippen molar-refractivity contribution in [1.29, 1.82) is 5.26 Å². The van der Waals surface area contributed by atoms with Crippen molar-refractivity contribution in [3.05, 3.63) is 65.7 Å². The van der Waals surface area contributed by atoms with E-state index in [2.05, 4.69) is 6.07 Å². The van der Waals surface area contributed by atoms with Crippen LogP contribution in [0.25, 0.3) is 0 Å². The summed E-state index contributed by atoms with van der Waals surface area (Å²) < 4.78 is 0. The summed E-state index contributed by atoms with van der Waals surface area (Å²) in [5.41, 5.74) is 2.33. The van der Waals surface area contributed by atoms with E-state index in [0.717, 1.165) is 24.2 Å². The van der Waals surface area contributed by atoms with Crippen molar-refractivity contribution >= 4 is 11.5 Å². The van der Waals surface area contributed by atoms with Crippen LogP contribution < -0.4 is 4.90 Å². The van der Waals surface area contributed by atoms with Crippen LogP contribution in [0.4, 0.5) is 5.69 Å². The number of carbonyl (C=O) groups is 1. The molecule has 0 bridgehead atoms. The first-order valence-corrected chi connectivity index (χ1v) is 7.01. The van der Waals surface area contributed by atoms with Crippen LogP contribution in [0.1, 0.15) is 28.8 Å².